The van der Waals surface area contributed by atoms with Gasteiger partial charge in [-0.3, -0.25) is 5.43 Å². The average Bonchev–Trinajstić information content (AvgIpc) is 2.50. The molecule has 0 aliphatic heterocycles. The summed E-state index contributed by atoms with van der Waals surface area (Å²) < 4.78 is 9.55. The Morgan fingerprint density at radius 2 is 1.64 bits per heavy atom. The number of benzene rings is 1. The predicted octanol–water partition coefficient (Wildman–Crippen LogP) is 1.12. The number of hydrazone groups is 1. The fraction of sp³-hybridized carbons (Fsp3) is 0.400. The van der Waals surface area contributed by atoms with Crippen LogP contribution >= 0.6 is 0 Å². The number of ether oxygens (including phenoxy) is 2. The molecule has 7 nitrogen and oxygen atoms in total. The van der Waals surface area contributed by atoms with Crippen molar-refractivity contribution in [3.8, 4) is 0 Å². The highest BCUT2D eigenvalue weighted by atomic mass is 16.6. The lowest BCUT2D eigenvalue weighted by Gasteiger charge is -2.07. The SMILES string of the molecule is CCOC(=O)C(=NNc1ccc(CCO)cc1)C(=O)OCC. The molecule has 0 aromatic heterocycles. The summed E-state index contributed by atoms with van der Waals surface area (Å²) >= 11 is 0. The number of esters is 2. The summed E-state index contributed by atoms with van der Waals surface area (Å²) in [7, 11) is 0. The van der Waals surface area contributed by atoms with E-state index in [0.717, 1.165) is 5.56 Å². The van der Waals surface area contributed by atoms with Gasteiger partial charge in [-0.05, 0) is 38.0 Å². The number of rotatable bonds is 8. The summed E-state index contributed by atoms with van der Waals surface area (Å²) in [4.78, 5) is 23.4. The number of aliphatic hydroxyl groups is 1. The number of nitrogens with one attached hydrogen (secondary N) is 1. The largest absolute Gasteiger partial charge is 0.461 e. The Hall–Kier alpha value is -2.41. The minimum Gasteiger partial charge on any atom is -0.461 e. The molecule has 2 N–H and O–H groups in total. The highest BCUT2D eigenvalue weighted by Gasteiger charge is 2.23. The van der Waals surface area contributed by atoms with Crippen LogP contribution in [0.4, 0.5) is 5.69 Å². The zero-order valence-electron chi connectivity index (χ0n) is 12.7. The van der Waals surface area contributed by atoms with Gasteiger partial charge < -0.3 is 14.6 Å². The van der Waals surface area contributed by atoms with Crippen LogP contribution in [0.5, 0.6) is 0 Å². The van der Waals surface area contributed by atoms with Gasteiger partial charge in [0.2, 0.25) is 0 Å². The molecule has 0 unspecified atom stereocenters. The maximum atomic E-state index is 11.7. The van der Waals surface area contributed by atoms with Gasteiger partial charge in [0.05, 0.1) is 18.9 Å². The van der Waals surface area contributed by atoms with E-state index < -0.39 is 17.7 Å². The molecule has 0 atom stereocenters. The molecule has 0 saturated carbocycles. The van der Waals surface area contributed by atoms with Gasteiger partial charge in [0, 0.05) is 6.61 Å². The van der Waals surface area contributed by atoms with Crippen LogP contribution in [0.15, 0.2) is 29.4 Å². The lowest BCUT2D eigenvalue weighted by atomic mass is 10.1. The monoisotopic (exact) mass is 308 g/mol. The molecule has 22 heavy (non-hydrogen) atoms. The number of hydrogen-bond acceptors (Lipinski definition) is 7. The summed E-state index contributed by atoms with van der Waals surface area (Å²) in [6.45, 7) is 3.60. The van der Waals surface area contributed by atoms with Gasteiger partial charge >= 0.3 is 11.9 Å². The number of aliphatic hydroxyl groups excluding tert-OH is 1. The van der Waals surface area contributed by atoms with Crippen LogP contribution in [0.3, 0.4) is 0 Å². The number of anilines is 1. The summed E-state index contributed by atoms with van der Waals surface area (Å²) in [5.41, 5.74) is 3.73. The maximum Gasteiger partial charge on any atom is 0.366 e. The first-order valence-electron chi connectivity index (χ1n) is 7.00. The molecule has 7 heteroatoms. The van der Waals surface area contributed by atoms with Gasteiger partial charge in [-0.1, -0.05) is 12.1 Å². The summed E-state index contributed by atoms with van der Waals surface area (Å²) in [6.07, 6.45) is 0.556. The van der Waals surface area contributed by atoms with Crippen molar-refractivity contribution in [2.24, 2.45) is 5.10 Å². The van der Waals surface area contributed by atoms with Crippen LogP contribution in [0, 0.1) is 0 Å². The molecular formula is C15H20N2O5. The Labute approximate surface area is 128 Å². The second kappa shape index (κ2) is 9.51. The third kappa shape index (κ3) is 5.53. The molecular weight excluding hydrogens is 288 g/mol. The van der Waals surface area contributed by atoms with E-state index in [-0.39, 0.29) is 19.8 Å². The van der Waals surface area contributed by atoms with Crippen molar-refractivity contribution in [1.29, 1.82) is 0 Å². The first-order chi connectivity index (χ1) is 10.6. The first kappa shape index (κ1) is 17.6. The van der Waals surface area contributed by atoms with E-state index in [0.29, 0.717) is 12.1 Å². The van der Waals surface area contributed by atoms with Crippen LogP contribution in [0.25, 0.3) is 0 Å². The zero-order chi connectivity index (χ0) is 16.4. The minimum absolute atomic E-state index is 0.0702. The molecule has 0 spiro atoms. The van der Waals surface area contributed by atoms with Gasteiger partial charge in [0.25, 0.3) is 5.71 Å². The lowest BCUT2D eigenvalue weighted by Crippen LogP contribution is -2.29. The Bertz CT molecular complexity index is 505. The van der Waals surface area contributed by atoms with E-state index in [9.17, 15) is 9.59 Å². The predicted molar refractivity (Wildman–Crippen MR) is 81.6 cm³/mol. The Morgan fingerprint density at radius 3 is 2.09 bits per heavy atom. The van der Waals surface area contributed by atoms with Gasteiger partial charge in [0.1, 0.15) is 0 Å². The molecule has 0 radical (unpaired) electrons. The molecule has 0 amide bonds. The molecule has 0 aliphatic rings. The van der Waals surface area contributed by atoms with Gasteiger partial charge in [-0.25, -0.2) is 9.59 Å². The van der Waals surface area contributed by atoms with E-state index >= 15 is 0 Å². The smallest absolute Gasteiger partial charge is 0.366 e. The second-order valence-corrected chi connectivity index (χ2v) is 4.18. The standard InChI is InChI=1S/C15H20N2O5/c1-3-21-14(19)13(15(20)22-4-2)17-16-12-7-5-11(6-8-12)9-10-18/h5-8,16,18H,3-4,9-10H2,1-2H3. The average molecular weight is 308 g/mol. The first-order valence-corrected chi connectivity index (χ1v) is 7.00. The molecule has 0 fully saturated rings. The van der Waals surface area contributed by atoms with E-state index in [4.69, 9.17) is 14.6 Å². The molecule has 1 aromatic carbocycles. The normalized spacial score (nSPS) is 9.77. The van der Waals surface area contributed by atoms with Crippen molar-refractivity contribution in [3.63, 3.8) is 0 Å². The fourth-order valence-electron chi connectivity index (χ4n) is 1.57. The van der Waals surface area contributed by atoms with E-state index in [2.05, 4.69) is 10.5 Å². The van der Waals surface area contributed by atoms with Crippen molar-refractivity contribution < 1.29 is 24.2 Å². The van der Waals surface area contributed by atoms with Crippen molar-refractivity contribution in [3.05, 3.63) is 29.8 Å². The highest BCUT2D eigenvalue weighted by molar-refractivity contribution is 6.62. The van der Waals surface area contributed by atoms with Gasteiger partial charge in [-0.2, -0.15) is 5.10 Å². The molecule has 0 aliphatic carbocycles. The van der Waals surface area contributed by atoms with E-state index in [1.165, 1.54) is 0 Å². The van der Waals surface area contributed by atoms with Crippen LogP contribution in [0.1, 0.15) is 19.4 Å². The summed E-state index contributed by atoms with van der Waals surface area (Å²) in [5, 5.41) is 12.6. The Kier molecular flexibility index (Phi) is 7.63. The summed E-state index contributed by atoms with van der Waals surface area (Å²) in [6, 6.07) is 7.07. The molecule has 120 valence electrons. The van der Waals surface area contributed by atoms with E-state index in [1.807, 2.05) is 12.1 Å². The highest BCUT2D eigenvalue weighted by Crippen LogP contribution is 2.10. The molecule has 0 saturated heterocycles. The molecule has 1 rings (SSSR count). The van der Waals surface area contributed by atoms with Crippen LogP contribution in [0.2, 0.25) is 0 Å². The third-order valence-electron chi connectivity index (χ3n) is 2.59. The number of carbonyl (C=O) groups excluding carboxylic acids is 2. The Morgan fingerprint density at radius 1 is 1.09 bits per heavy atom. The number of nitrogens with zero attached hydrogens (tertiary/aromatic N) is 1. The number of carbonyl (C=O) groups is 2. The second-order valence-electron chi connectivity index (χ2n) is 4.18. The van der Waals surface area contributed by atoms with Crippen molar-refractivity contribution in [2.45, 2.75) is 20.3 Å². The zero-order valence-corrected chi connectivity index (χ0v) is 12.7. The van der Waals surface area contributed by atoms with Gasteiger partial charge in [0.15, 0.2) is 0 Å². The van der Waals surface area contributed by atoms with E-state index in [1.54, 1.807) is 26.0 Å². The Balaban J connectivity index is 2.82. The third-order valence-corrected chi connectivity index (χ3v) is 2.59. The summed E-state index contributed by atoms with van der Waals surface area (Å²) in [5.74, 6) is -1.68. The maximum absolute atomic E-state index is 11.7. The van der Waals surface area contributed by atoms with Crippen LogP contribution < -0.4 is 5.43 Å². The fourth-order valence-corrected chi connectivity index (χ4v) is 1.57. The van der Waals surface area contributed by atoms with Crippen molar-refractivity contribution >= 4 is 23.3 Å². The van der Waals surface area contributed by atoms with Crippen molar-refractivity contribution in [2.75, 3.05) is 25.2 Å². The lowest BCUT2D eigenvalue weighted by molar-refractivity contribution is -0.140. The molecule has 0 heterocycles. The topological polar surface area (TPSA) is 97.2 Å². The molecule has 1 aromatic rings. The minimum atomic E-state index is -0.842. The van der Waals surface area contributed by atoms with Crippen LogP contribution in [-0.4, -0.2) is 42.6 Å². The van der Waals surface area contributed by atoms with Crippen molar-refractivity contribution in [1.82, 2.24) is 0 Å². The quantitative estimate of drug-likeness (QED) is 0.323. The van der Waals surface area contributed by atoms with Crippen LogP contribution in [-0.2, 0) is 25.5 Å². The molecule has 0 bridgehead atoms. The number of hydrogen-bond donors (Lipinski definition) is 2. The van der Waals surface area contributed by atoms with Gasteiger partial charge in [-0.15, -0.1) is 0 Å².